The molecule has 0 saturated carbocycles. The van der Waals surface area contributed by atoms with Crippen molar-refractivity contribution >= 4 is 11.8 Å². The Labute approximate surface area is 96.9 Å². The Balaban J connectivity index is 2.23. The lowest BCUT2D eigenvalue weighted by molar-refractivity contribution is 0.637. The van der Waals surface area contributed by atoms with Crippen molar-refractivity contribution in [2.24, 2.45) is 0 Å². The van der Waals surface area contributed by atoms with Crippen LogP contribution in [0.15, 0.2) is 18.3 Å². The highest BCUT2D eigenvalue weighted by Gasteiger charge is 2.00. The van der Waals surface area contributed by atoms with Gasteiger partial charge in [0.1, 0.15) is 0 Å². The van der Waals surface area contributed by atoms with Gasteiger partial charge in [0, 0.05) is 18.0 Å². The van der Waals surface area contributed by atoms with Crippen LogP contribution in [0.3, 0.4) is 0 Å². The van der Waals surface area contributed by atoms with E-state index < -0.39 is 0 Å². The maximum Gasteiger partial charge on any atom is 0.0570 e. The molecule has 0 saturated heterocycles. The van der Waals surface area contributed by atoms with Gasteiger partial charge >= 0.3 is 0 Å². The Bertz CT molecular complexity index is 289. The fourth-order valence-corrected chi connectivity index (χ4v) is 1.69. The number of aromatic nitrogens is 1. The molecule has 15 heavy (non-hydrogen) atoms. The molecule has 84 valence electrons. The highest BCUT2D eigenvalue weighted by atomic mass is 32.2. The zero-order chi connectivity index (χ0) is 11.1. The first-order valence-electron chi connectivity index (χ1n) is 5.38. The lowest BCUT2D eigenvalue weighted by Gasteiger charge is -2.09. The molecule has 0 bridgehead atoms. The minimum absolute atomic E-state index is 0.738. The van der Waals surface area contributed by atoms with Crippen LogP contribution >= 0.6 is 11.8 Å². The standard InChI is InChI=1S/C12H20N2S/c1-10-5-4-7-14-12(10)9-13-8-6-11(2)15-3/h4-5,7,11,13H,6,8-9H2,1-3H3. The molecule has 1 atom stereocenters. The smallest absolute Gasteiger partial charge is 0.0570 e. The summed E-state index contributed by atoms with van der Waals surface area (Å²) in [6.07, 6.45) is 5.23. The number of thioether (sulfide) groups is 1. The van der Waals surface area contributed by atoms with Gasteiger partial charge in [0.15, 0.2) is 0 Å². The van der Waals surface area contributed by atoms with Gasteiger partial charge in [0.05, 0.1) is 5.69 Å². The average Bonchev–Trinajstić information content (AvgIpc) is 2.26. The Morgan fingerprint density at radius 3 is 3.00 bits per heavy atom. The first-order valence-corrected chi connectivity index (χ1v) is 6.67. The third kappa shape index (κ3) is 4.67. The second kappa shape index (κ2) is 6.85. The van der Waals surface area contributed by atoms with Crippen LogP contribution in [-0.2, 0) is 6.54 Å². The Morgan fingerprint density at radius 1 is 1.53 bits per heavy atom. The van der Waals surface area contributed by atoms with E-state index in [2.05, 4.69) is 36.5 Å². The van der Waals surface area contributed by atoms with Crippen LogP contribution in [0.2, 0.25) is 0 Å². The fourth-order valence-electron chi connectivity index (χ4n) is 1.33. The number of hydrogen-bond acceptors (Lipinski definition) is 3. The molecular weight excluding hydrogens is 204 g/mol. The van der Waals surface area contributed by atoms with E-state index in [9.17, 15) is 0 Å². The number of nitrogens with zero attached hydrogens (tertiary/aromatic N) is 1. The van der Waals surface area contributed by atoms with Gasteiger partial charge in [-0.3, -0.25) is 4.98 Å². The lowest BCUT2D eigenvalue weighted by Crippen LogP contribution is -2.18. The number of nitrogens with one attached hydrogen (secondary N) is 1. The Hall–Kier alpha value is -0.540. The minimum Gasteiger partial charge on any atom is -0.311 e. The predicted molar refractivity (Wildman–Crippen MR) is 68.3 cm³/mol. The van der Waals surface area contributed by atoms with Crippen LogP contribution in [0, 0.1) is 6.92 Å². The summed E-state index contributed by atoms with van der Waals surface area (Å²) >= 11 is 1.92. The van der Waals surface area contributed by atoms with Crippen molar-refractivity contribution in [1.82, 2.24) is 10.3 Å². The zero-order valence-corrected chi connectivity index (χ0v) is 10.6. The van der Waals surface area contributed by atoms with Crippen molar-refractivity contribution in [2.45, 2.75) is 32.1 Å². The molecule has 1 N–H and O–H groups in total. The molecule has 0 aliphatic heterocycles. The van der Waals surface area contributed by atoms with Crippen LogP contribution in [0.5, 0.6) is 0 Å². The highest BCUT2D eigenvalue weighted by Crippen LogP contribution is 2.08. The van der Waals surface area contributed by atoms with Crippen molar-refractivity contribution in [3.05, 3.63) is 29.6 Å². The molecule has 1 heterocycles. The molecule has 0 aliphatic rings. The molecule has 0 radical (unpaired) electrons. The summed E-state index contributed by atoms with van der Waals surface area (Å²) in [5.41, 5.74) is 2.43. The van der Waals surface area contributed by atoms with Crippen LogP contribution in [0.1, 0.15) is 24.6 Å². The highest BCUT2D eigenvalue weighted by molar-refractivity contribution is 7.99. The fraction of sp³-hybridized carbons (Fsp3) is 0.583. The van der Waals surface area contributed by atoms with E-state index >= 15 is 0 Å². The third-order valence-electron chi connectivity index (χ3n) is 2.54. The molecule has 3 heteroatoms. The van der Waals surface area contributed by atoms with Gasteiger partial charge in [-0.05, 0) is 37.8 Å². The lowest BCUT2D eigenvalue weighted by atomic mass is 10.2. The zero-order valence-electron chi connectivity index (χ0n) is 9.79. The number of hydrogen-bond donors (Lipinski definition) is 1. The van der Waals surface area contributed by atoms with Crippen molar-refractivity contribution < 1.29 is 0 Å². The van der Waals surface area contributed by atoms with Crippen LogP contribution in [0.4, 0.5) is 0 Å². The number of aryl methyl sites for hydroxylation is 1. The molecular formula is C12H20N2S. The summed E-state index contributed by atoms with van der Waals surface area (Å²) < 4.78 is 0. The van der Waals surface area contributed by atoms with Crippen LogP contribution in [0.25, 0.3) is 0 Å². The van der Waals surface area contributed by atoms with Gasteiger partial charge in [0.2, 0.25) is 0 Å². The molecule has 1 aromatic rings. The second-order valence-electron chi connectivity index (χ2n) is 3.78. The molecule has 0 amide bonds. The summed E-state index contributed by atoms with van der Waals surface area (Å²) in [5.74, 6) is 0. The normalized spacial score (nSPS) is 12.7. The van der Waals surface area contributed by atoms with Gasteiger partial charge in [-0.2, -0.15) is 11.8 Å². The van der Waals surface area contributed by atoms with E-state index in [0.29, 0.717) is 0 Å². The average molecular weight is 224 g/mol. The van der Waals surface area contributed by atoms with Crippen LogP contribution in [-0.4, -0.2) is 23.0 Å². The monoisotopic (exact) mass is 224 g/mol. The van der Waals surface area contributed by atoms with E-state index in [4.69, 9.17) is 0 Å². The van der Waals surface area contributed by atoms with E-state index in [1.54, 1.807) is 0 Å². The van der Waals surface area contributed by atoms with Gasteiger partial charge in [-0.15, -0.1) is 0 Å². The van der Waals surface area contributed by atoms with Crippen molar-refractivity contribution in [1.29, 1.82) is 0 Å². The van der Waals surface area contributed by atoms with Crippen molar-refractivity contribution in [3.63, 3.8) is 0 Å². The summed E-state index contributed by atoms with van der Waals surface area (Å²) in [6, 6.07) is 4.09. The largest absolute Gasteiger partial charge is 0.311 e. The molecule has 0 aromatic carbocycles. The van der Waals surface area contributed by atoms with Gasteiger partial charge in [-0.1, -0.05) is 13.0 Å². The van der Waals surface area contributed by atoms with Gasteiger partial charge < -0.3 is 5.32 Å². The molecule has 1 aromatic heterocycles. The van der Waals surface area contributed by atoms with Crippen molar-refractivity contribution in [2.75, 3.05) is 12.8 Å². The number of rotatable bonds is 6. The summed E-state index contributed by atoms with van der Waals surface area (Å²) in [5, 5.41) is 4.17. The van der Waals surface area contributed by atoms with E-state index in [1.807, 2.05) is 24.0 Å². The summed E-state index contributed by atoms with van der Waals surface area (Å²) in [4.78, 5) is 4.35. The molecule has 1 rings (SSSR count). The summed E-state index contributed by atoms with van der Waals surface area (Å²) in [7, 11) is 0. The topological polar surface area (TPSA) is 24.9 Å². The van der Waals surface area contributed by atoms with E-state index in [0.717, 1.165) is 24.0 Å². The van der Waals surface area contributed by atoms with Crippen molar-refractivity contribution in [3.8, 4) is 0 Å². The molecule has 0 spiro atoms. The van der Waals surface area contributed by atoms with Gasteiger partial charge in [0.25, 0.3) is 0 Å². The minimum atomic E-state index is 0.738. The van der Waals surface area contributed by atoms with Gasteiger partial charge in [-0.25, -0.2) is 0 Å². The maximum atomic E-state index is 4.35. The maximum absolute atomic E-state index is 4.35. The van der Waals surface area contributed by atoms with E-state index in [-0.39, 0.29) is 0 Å². The molecule has 0 aliphatic carbocycles. The second-order valence-corrected chi connectivity index (χ2v) is 5.05. The first-order chi connectivity index (χ1) is 7.24. The molecule has 1 unspecified atom stereocenters. The molecule has 2 nitrogen and oxygen atoms in total. The Kier molecular flexibility index (Phi) is 5.73. The molecule has 0 fully saturated rings. The first kappa shape index (κ1) is 12.5. The summed E-state index contributed by atoms with van der Waals surface area (Å²) in [6.45, 7) is 6.32. The Morgan fingerprint density at radius 2 is 2.33 bits per heavy atom. The predicted octanol–water partition coefficient (Wildman–Crippen LogP) is 2.62. The number of pyridine rings is 1. The van der Waals surface area contributed by atoms with E-state index in [1.165, 1.54) is 12.0 Å². The quantitative estimate of drug-likeness (QED) is 0.752. The third-order valence-corrected chi connectivity index (χ3v) is 3.58. The van der Waals surface area contributed by atoms with Crippen LogP contribution < -0.4 is 5.32 Å². The SMILES string of the molecule is CSC(C)CCNCc1ncccc1C.